The molecule has 7 heteroatoms. The van der Waals surface area contributed by atoms with Gasteiger partial charge in [0.2, 0.25) is 5.91 Å². The molecule has 1 atom stereocenters. The SMILES string of the molecule is CC(=O)N[C@@H](CSc1ccnc(C)n1)C(=O)O. The molecule has 1 rings (SSSR count). The van der Waals surface area contributed by atoms with Crippen molar-refractivity contribution in [2.75, 3.05) is 5.75 Å². The minimum absolute atomic E-state index is 0.228. The zero-order valence-corrected chi connectivity index (χ0v) is 10.3. The smallest absolute Gasteiger partial charge is 0.327 e. The van der Waals surface area contributed by atoms with Crippen molar-refractivity contribution in [2.24, 2.45) is 0 Å². The van der Waals surface area contributed by atoms with Crippen molar-refractivity contribution in [1.82, 2.24) is 15.3 Å². The summed E-state index contributed by atoms with van der Waals surface area (Å²) in [5.41, 5.74) is 0. The fourth-order valence-electron chi connectivity index (χ4n) is 1.10. The van der Waals surface area contributed by atoms with Gasteiger partial charge in [-0.2, -0.15) is 0 Å². The molecule has 0 radical (unpaired) electrons. The molecule has 0 saturated carbocycles. The highest BCUT2D eigenvalue weighted by molar-refractivity contribution is 7.99. The fraction of sp³-hybridized carbons (Fsp3) is 0.400. The van der Waals surface area contributed by atoms with Crippen LogP contribution < -0.4 is 5.32 Å². The number of nitrogens with one attached hydrogen (secondary N) is 1. The van der Waals surface area contributed by atoms with E-state index in [9.17, 15) is 9.59 Å². The number of carbonyl (C=O) groups is 2. The second-order valence-electron chi connectivity index (χ2n) is 3.34. The van der Waals surface area contributed by atoms with Gasteiger partial charge in [-0.25, -0.2) is 14.8 Å². The molecule has 0 spiro atoms. The minimum Gasteiger partial charge on any atom is -0.480 e. The summed E-state index contributed by atoms with van der Waals surface area (Å²) in [7, 11) is 0. The predicted molar refractivity (Wildman–Crippen MR) is 62.7 cm³/mol. The lowest BCUT2D eigenvalue weighted by Crippen LogP contribution is -2.41. The Hall–Kier alpha value is -1.63. The molecule has 0 aliphatic heterocycles. The largest absolute Gasteiger partial charge is 0.480 e. The molecule has 17 heavy (non-hydrogen) atoms. The first-order valence-corrected chi connectivity index (χ1v) is 5.90. The molecule has 92 valence electrons. The second kappa shape index (κ2) is 6.19. The van der Waals surface area contributed by atoms with Gasteiger partial charge >= 0.3 is 5.97 Å². The van der Waals surface area contributed by atoms with Gasteiger partial charge in [0.1, 0.15) is 11.9 Å². The van der Waals surface area contributed by atoms with E-state index in [1.807, 2.05) is 0 Å². The summed E-state index contributed by atoms with van der Waals surface area (Å²) in [5.74, 6) is -0.567. The maximum atomic E-state index is 10.9. The first-order chi connectivity index (χ1) is 7.99. The number of carboxylic acids is 1. The molecule has 1 heterocycles. The Labute approximate surface area is 103 Å². The molecule has 0 aromatic carbocycles. The van der Waals surface area contributed by atoms with Crippen LogP contribution in [0.1, 0.15) is 12.7 Å². The highest BCUT2D eigenvalue weighted by atomic mass is 32.2. The highest BCUT2D eigenvalue weighted by Crippen LogP contribution is 2.15. The Morgan fingerprint density at radius 3 is 2.82 bits per heavy atom. The summed E-state index contributed by atoms with van der Waals surface area (Å²) in [5, 5.41) is 11.9. The number of amides is 1. The van der Waals surface area contributed by atoms with Crippen molar-refractivity contribution in [2.45, 2.75) is 24.9 Å². The molecule has 0 bridgehead atoms. The van der Waals surface area contributed by atoms with E-state index >= 15 is 0 Å². The minimum atomic E-state index is -1.06. The van der Waals surface area contributed by atoms with Gasteiger partial charge in [-0.15, -0.1) is 11.8 Å². The van der Waals surface area contributed by atoms with E-state index in [0.717, 1.165) is 0 Å². The van der Waals surface area contributed by atoms with Gasteiger partial charge in [0.25, 0.3) is 0 Å². The number of carbonyl (C=O) groups excluding carboxylic acids is 1. The van der Waals surface area contributed by atoms with Crippen LogP contribution >= 0.6 is 11.8 Å². The lowest BCUT2D eigenvalue weighted by atomic mass is 10.3. The maximum absolute atomic E-state index is 10.9. The Balaban J connectivity index is 2.57. The van der Waals surface area contributed by atoms with Crippen LogP contribution in [0.25, 0.3) is 0 Å². The van der Waals surface area contributed by atoms with Crippen molar-refractivity contribution in [3.8, 4) is 0 Å². The first-order valence-electron chi connectivity index (χ1n) is 4.91. The molecule has 0 saturated heterocycles. The number of aryl methyl sites for hydroxylation is 1. The Kier molecular flexibility index (Phi) is 4.89. The van der Waals surface area contributed by atoms with Crippen molar-refractivity contribution < 1.29 is 14.7 Å². The number of hydrogen-bond acceptors (Lipinski definition) is 5. The van der Waals surface area contributed by atoms with Gasteiger partial charge in [0.15, 0.2) is 0 Å². The summed E-state index contributed by atoms with van der Waals surface area (Å²) in [6.07, 6.45) is 1.61. The Morgan fingerprint density at radius 2 is 2.29 bits per heavy atom. The Morgan fingerprint density at radius 1 is 1.59 bits per heavy atom. The second-order valence-corrected chi connectivity index (χ2v) is 4.38. The Bertz CT molecular complexity index is 425. The normalized spacial score (nSPS) is 11.9. The van der Waals surface area contributed by atoms with E-state index in [4.69, 9.17) is 5.11 Å². The van der Waals surface area contributed by atoms with Crippen molar-refractivity contribution >= 4 is 23.6 Å². The highest BCUT2D eigenvalue weighted by Gasteiger charge is 2.18. The summed E-state index contributed by atoms with van der Waals surface area (Å²) in [4.78, 5) is 29.7. The predicted octanol–water partition coefficient (Wildman–Crippen LogP) is 0.466. The number of aliphatic carboxylic acids is 1. The number of nitrogens with zero attached hydrogens (tertiary/aromatic N) is 2. The van der Waals surface area contributed by atoms with Crippen LogP contribution in [0.4, 0.5) is 0 Å². The van der Waals surface area contributed by atoms with Crippen LogP contribution in [-0.2, 0) is 9.59 Å². The molecule has 0 unspecified atom stereocenters. The number of aromatic nitrogens is 2. The molecule has 1 aromatic heterocycles. The van der Waals surface area contributed by atoms with Crippen LogP contribution in [-0.4, -0.2) is 38.7 Å². The van der Waals surface area contributed by atoms with E-state index in [1.165, 1.54) is 18.7 Å². The van der Waals surface area contributed by atoms with Crippen molar-refractivity contribution in [3.05, 3.63) is 18.1 Å². The van der Waals surface area contributed by atoms with Gasteiger partial charge in [-0.05, 0) is 13.0 Å². The van der Waals surface area contributed by atoms with E-state index in [0.29, 0.717) is 10.9 Å². The van der Waals surface area contributed by atoms with Crippen LogP contribution in [0.5, 0.6) is 0 Å². The third-order valence-corrected chi connectivity index (χ3v) is 2.85. The molecular weight excluding hydrogens is 242 g/mol. The van der Waals surface area contributed by atoms with E-state index in [2.05, 4.69) is 15.3 Å². The third kappa shape index (κ3) is 4.81. The zero-order chi connectivity index (χ0) is 12.8. The van der Waals surface area contributed by atoms with Gasteiger partial charge < -0.3 is 10.4 Å². The summed E-state index contributed by atoms with van der Waals surface area (Å²) >= 11 is 1.27. The van der Waals surface area contributed by atoms with Gasteiger partial charge in [0, 0.05) is 18.9 Å². The number of rotatable bonds is 5. The van der Waals surface area contributed by atoms with Crippen molar-refractivity contribution in [3.63, 3.8) is 0 Å². The van der Waals surface area contributed by atoms with Crippen LogP contribution in [0.3, 0.4) is 0 Å². The molecule has 6 nitrogen and oxygen atoms in total. The summed E-state index contributed by atoms with van der Waals surface area (Å²) in [6.45, 7) is 3.04. The molecular formula is C10H13N3O3S. The standard InChI is InChI=1S/C10H13N3O3S/c1-6-11-4-3-9(12-6)17-5-8(10(15)16)13-7(2)14/h3-4,8H,5H2,1-2H3,(H,13,14)(H,15,16)/t8-/m0/s1. The van der Waals surface area contributed by atoms with E-state index in [1.54, 1.807) is 19.2 Å². The third-order valence-electron chi connectivity index (χ3n) is 1.82. The zero-order valence-electron chi connectivity index (χ0n) is 9.51. The average Bonchev–Trinajstić information content (AvgIpc) is 2.23. The molecule has 0 aliphatic carbocycles. The van der Waals surface area contributed by atoms with E-state index < -0.39 is 12.0 Å². The lowest BCUT2D eigenvalue weighted by Gasteiger charge is -2.12. The van der Waals surface area contributed by atoms with E-state index in [-0.39, 0.29) is 11.7 Å². The van der Waals surface area contributed by atoms with Crippen molar-refractivity contribution in [1.29, 1.82) is 0 Å². The summed E-state index contributed by atoms with van der Waals surface area (Å²) < 4.78 is 0. The average molecular weight is 255 g/mol. The van der Waals surface area contributed by atoms with Gasteiger partial charge in [-0.1, -0.05) is 0 Å². The lowest BCUT2D eigenvalue weighted by molar-refractivity contribution is -0.140. The van der Waals surface area contributed by atoms with Crippen LogP contribution in [0.2, 0.25) is 0 Å². The number of carboxylic acid groups (broad SMARTS) is 1. The maximum Gasteiger partial charge on any atom is 0.327 e. The quantitative estimate of drug-likeness (QED) is 0.587. The fourth-order valence-corrected chi connectivity index (χ4v) is 2.02. The van der Waals surface area contributed by atoms with Crippen LogP contribution in [0, 0.1) is 6.92 Å². The van der Waals surface area contributed by atoms with Crippen LogP contribution in [0.15, 0.2) is 17.3 Å². The topological polar surface area (TPSA) is 92.2 Å². The molecule has 1 aromatic rings. The molecule has 2 N–H and O–H groups in total. The molecule has 0 fully saturated rings. The molecule has 1 amide bonds. The number of thioether (sulfide) groups is 1. The summed E-state index contributed by atoms with van der Waals surface area (Å²) in [6, 6.07) is 0.789. The van der Waals surface area contributed by atoms with Gasteiger partial charge in [0.05, 0.1) is 5.03 Å². The first kappa shape index (κ1) is 13.4. The molecule has 0 aliphatic rings. The monoisotopic (exact) mass is 255 g/mol. The van der Waals surface area contributed by atoms with Gasteiger partial charge in [-0.3, -0.25) is 4.79 Å². The number of hydrogen-bond donors (Lipinski definition) is 2.